The van der Waals surface area contributed by atoms with Gasteiger partial charge in [-0.25, -0.2) is 0 Å². The van der Waals surface area contributed by atoms with Crippen molar-refractivity contribution in [2.75, 3.05) is 18.4 Å². The standard InChI is InChI=1S/C15H20N2O3/c1-3-17(10(2)8-14(18)19)15(20)12-9-16-13-7-5-4-6-11(12)13/h4-7,10,12,16H,3,8-9H2,1-2H3,(H,18,19). The number of carbonyl (C=O) groups excluding carboxylic acids is 1. The van der Waals surface area contributed by atoms with Gasteiger partial charge in [0.25, 0.3) is 0 Å². The van der Waals surface area contributed by atoms with Gasteiger partial charge < -0.3 is 15.3 Å². The molecule has 2 N–H and O–H groups in total. The molecule has 1 aliphatic heterocycles. The van der Waals surface area contributed by atoms with E-state index in [4.69, 9.17) is 5.11 Å². The van der Waals surface area contributed by atoms with Crippen molar-refractivity contribution in [3.63, 3.8) is 0 Å². The van der Waals surface area contributed by atoms with Gasteiger partial charge in [-0.1, -0.05) is 18.2 Å². The molecule has 0 spiro atoms. The Balaban J connectivity index is 2.16. The summed E-state index contributed by atoms with van der Waals surface area (Å²) in [6.45, 7) is 4.76. The molecule has 1 aromatic carbocycles. The van der Waals surface area contributed by atoms with Crippen LogP contribution in [0.5, 0.6) is 0 Å². The number of likely N-dealkylation sites (N-methyl/N-ethyl adjacent to an activating group) is 1. The highest BCUT2D eigenvalue weighted by Crippen LogP contribution is 2.32. The van der Waals surface area contributed by atoms with Gasteiger partial charge in [-0.2, -0.15) is 0 Å². The minimum Gasteiger partial charge on any atom is -0.481 e. The fourth-order valence-electron chi connectivity index (χ4n) is 2.75. The van der Waals surface area contributed by atoms with Gasteiger partial charge in [0.1, 0.15) is 0 Å². The smallest absolute Gasteiger partial charge is 0.305 e. The fourth-order valence-corrected chi connectivity index (χ4v) is 2.75. The van der Waals surface area contributed by atoms with Gasteiger partial charge in [-0.15, -0.1) is 0 Å². The van der Waals surface area contributed by atoms with Crippen molar-refractivity contribution in [2.24, 2.45) is 0 Å². The van der Waals surface area contributed by atoms with Gasteiger partial charge in [-0.05, 0) is 25.5 Å². The van der Waals surface area contributed by atoms with E-state index in [0.29, 0.717) is 13.1 Å². The number of aliphatic carboxylic acids is 1. The van der Waals surface area contributed by atoms with Crippen LogP contribution in [0.2, 0.25) is 0 Å². The van der Waals surface area contributed by atoms with Crippen LogP contribution in [0.4, 0.5) is 5.69 Å². The lowest BCUT2D eigenvalue weighted by Crippen LogP contribution is -2.42. The van der Waals surface area contributed by atoms with Gasteiger partial charge in [0.05, 0.1) is 12.3 Å². The van der Waals surface area contributed by atoms with E-state index in [2.05, 4.69) is 5.32 Å². The second-order valence-electron chi connectivity index (χ2n) is 5.09. The molecule has 0 aromatic heterocycles. The van der Waals surface area contributed by atoms with Gasteiger partial charge in [0, 0.05) is 24.8 Å². The number of anilines is 1. The van der Waals surface area contributed by atoms with E-state index >= 15 is 0 Å². The zero-order chi connectivity index (χ0) is 14.7. The maximum atomic E-state index is 12.7. The molecule has 1 aromatic rings. The summed E-state index contributed by atoms with van der Waals surface area (Å²) >= 11 is 0. The van der Waals surface area contributed by atoms with E-state index < -0.39 is 5.97 Å². The Hall–Kier alpha value is -2.04. The molecule has 5 heteroatoms. The first-order chi connectivity index (χ1) is 9.54. The van der Waals surface area contributed by atoms with Crippen molar-refractivity contribution in [3.05, 3.63) is 29.8 Å². The van der Waals surface area contributed by atoms with Crippen LogP contribution in [0.3, 0.4) is 0 Å². The molecular weight excluding hydrogens is 256 g/mol. The highest BCUT2D eigenvalue weighted by molar-refractivity contribution is 5.88. The maximum absolute atomic E-state index is 12.7. The van der Waals surface area contributed by atoms with E-state index in [9.17, 15) is 9.59 Å². The van der Waals surface area contributed by atoms with Crippen LogP contribution in [-0.4, -0.2) is 41.0 Å². The Morgan fingerprint density at radius 2 is 2.15 bits per heavy atom. The van der Waals surface area contributed by atoms with Crippen LogP contribution >= 0.6 is 0 Å². The highest BCUT2D eigenvalue weighted by Gasteiger charge is 2.33. The zero-order valence-corrected chi connectivity index (χ0v) is 11.8. The lowest BCUT2D eigenvalue weighted by Gasteiger charge is -2.29. The molecule has 0 radical (unpaired) electrons. The van der Waals surface area contributed by atoms with Gasteiger partial charge in [-0.3, -0.25) is 9.59 Å². The number of nitrogens with zero attached hydrogens (tertiary/aromatic N) is 1. The number of nitrogens with one attached hydrogen (secondary N) is 1. The minimum atomic E-state index is -0.881. The first-order valence-corrected chi connectivity index (χ1v) is 6.89. The molecule has 20 heavy (non-hydrogen) atoms. The number of fused-ring (bicyclic) bond motifs is 1. The summed E-state index contributed by atoms with van der Waals surface area (Å²) < 4.78 is 0. The molecule has 0 saturated carbocycles. The molecule has 1 heterocycles. The van der Waals surface area contributed by atoms with Gasteiger partial charge >= 0.3 is 5.97 Å². The summed E-state index contributed by atoms with van der Waals surface area (Å²) in [6, 6.07) is 7.47. The second-order valence-corrected chi connectivity index (χ2v) is 5.09. The van der Waals surface area contributed by atoms with Crippen molar-refractivity contribution in [2.45, 2.75) is 32.2 Å². The molecule has 5 nitrogen and oxygen atoms in total. The molecule has 0 aliphatic carbocycles. The van der Waals surface area contributed by atoms with Crippen LogP contribution in [-0.2, 0) is 9.59 Å². The van der Waals surface area contributed by atoms with E-state index in [1.807, 2.05) is 31.2 Å². The number of carboxylic acid groups (broad SMARTS) is 1. The molecule has 2 unspecified atom stereocenters. The van der Waals surface area contributed by atoms with Crippen LogP contribution in [0, 0.1) is 0 Å². The average molecular weight is 276 g/mol. The van der Waals surface area contributed by atoms with Gasteiger partial charge in [0.15, 0.2) is 0 Å². The number of hydrogen-bond acceptors (Lipinski definition) is 3. The molecular formula is C15H20N2O3. The molecule has 0 saturated heterocycles. The Morgan fingerprint density at radius 3 is 2.80 bits per heavy atom. The number of rotatable bonds is 5. The van der Waals surface area contributed by atoms with Crippen LogP contribution in [0.25, 0.3) is 0 Å². The van der Waals surface area contributed by atoms with Crippen molar-refractivity contribution in [1.82, 2.24) is 4.90 Å². The highest BCUT2D eigenvalue weighted by atomic mass is 16.4. The molecule has 0 bridgehead atoms. The van der Waals surface area contributed by atoms with Crippen molar-refractivity contribution < 1.29 is 14.7 Å². The summed E-state index contributed by atoms with van der Waals surface area (Å²) in [6.07, 6.45) is -0.0264. The Kier molecular flexibility index (Phi) is 4.27. The number of hydrogen-bond donors (Lipinski definition) is 2. The summed E-state index contributed by atoms with van der Waals surface area (Å²) in [5.41, 5.74) is 1.99. The molecule has 0 fully saturated rings. The fraction of sp³-hybridized carbons (Fsp3) is 0.467. The molecule has 1 aliphatic rings. The first kappa shape index (κ1) is 14.4. The average Bonchev–Trinajstić information content (AvgIpc) is 2.82. The normalized spacial score (nSPS) is 18.0. The van der Waals surface area contributed by atoms with Crippen LogP contribution in [0.1, 0.15) is 31.7 Å². The largest absolute Gasteiger partial charge is 0.481 e. The minimum absolute atomic E-state index is 0.00120. The number of amides is 1. The number of carbonyl (C=O) groups is 2. The quantitative estimate of drug-likeness (QED) is 0.862. The summed E-state index contributed by atoms with van der Waals surface area (Å²) in [7, 11) is 0. The number of benzene rings is 1. The van der Waals surface area contributed by atoms with E-state index in [1.54, 1.807) is 11.8 Å². The second kappa shape index (κ2) is 5.94. The van der Waals surface area contributed by atoms with Gasteiger partial charge in [0.2, 0.25) is 5.91 Å². The third kappa shape index (κ3) is 2.76. The number of carboxylic acids is 1. The number of para-hydroxylation sites is 1. The van der Waals surface area contributed by atoms with E-state index in [-0.39, 0.29) is 24.3 Å². The third-order valence-electron chi connectivity index (χ3n) is 3.76. The lowest BCUT2D eigenvalue weighted by molar-refractivity contribution is -0.140. The summed E-state index contributed by atoms with van der Waals surface area (Å²) in [5.74, 6) is -1.10. The predicted molar refractivity (Wildman–Crippen MR) is 76.8 cm³/mol. The summed E-state index contributed by atoms with van der Waals surface area (Å²) in [5, 5.41) is 12.1. The zero-order valence-electron chi connectivity index (χ0n) is 11.8. The maximum Gasteiger partial charge on any atom is 0.305 e. The van der Waals surface area contributed by atoms with Crippen molar-refractivity contribution in [1.29, 1.82) is 0 Å². The topological polar surface area (TPSA) is 69.6 Å². The molecule has 2 rings (SSSR count). The van der Waals surface area contributed by atoms with E-state index in [1.165, 1.54) is 0 Å². The Bertz CT molecular complexity index is 516. The Morgan fingerprint density at radius 1 is 1.45 bits per heavy atom. The lowest BCUT2D eigenvalue weighted by atomic mass is 9.99. The SMILES string of the molecule is CCN(C(=O)C1CNc2ccccc21)C(C)CC(=O)O. The Labute approximate surface area is 118 Å². The van der Waals surface area contributed by atoms with Crippen molar-refractivity contribution in [3.8, 4) is 0 Å². The third-order valence-corrected chi connectivity index (χ3v) is 3.76. The molecule has 2 atom stereocenters. The predicted octanol–water partition coefficient (Wildman–Crippen LogP) is 1.91. The molecule has 108 valence electrons. The van der Waals surface area contributed by atoms with Crippen LogP contribution < -0.4 is 5.32 Å². The van der Waals surface area contributed by atoms with Crippen LogP contribution in [0.15, 0.2) is 24.3 Å². The van der Waals surface area contributed by atoms with E-state index in [0.717, 1.165) is 11.3 Å². The monoisotopic (exact) mass is 276 g/mol. The van der Waals surface area contributed by atoms with Crippen molar-refractivity contribution >= 4 is 17.6 Å². The summed E-state index contributed by atoms with van der Waals surface area (Å²) in [4.78, 5) is 25.1. The first-order valence-electron chi connectivity index (χ1n) is 6.89. The molecule has 1 amide bonds.